The summed E-state index contributed by atoms with van der Waals surface area (Å²) in [5, 5.41) is 3.46. The first kappa shape index (κ1) is 17.2. The highest BCUT2D eigenvalue weighted by Gasteiger charge is 2.19. The Labute approximate surface area is 139 Å². The molecule has 0 saturated carbocycles. The van der Waals surface area contributed by atoms with Gasteiger partial charge in [0.15, 0.2) is 11.5 Å². The highest BCUT2D eigenvalue weighted by Crippen LogP contribution is 2.38. The van der Waals surface area contributed by atoms with Gasteiger partial charge < -0.3 is 14.8 Å². The van der Waals surface area contributed by atoms with E-state index in [2.05, 4.69) is 24.4 Å². The predicted octanol–water partition coefficient (Wildman–Crippen LogP) is 5.82. The number of anilines is 1. The van der Waals surface area contributed by atoms with Crippen molar-refractivity contribution in [1.29, 1.82) is 0 Å². The van der Waals surface area contributed by atoms with E-state index in [-0.39, 0.29) is 0 Å². The van der Waals surface area contributed by atoms with Crippen LogP contribution in [0.15, 0.2) is 42.5 Å². The minimum Gasteiger partial charge on any atom is -0.493 e. The average Bonchev–Trinajstić information content (AvgIpc) is 2.63. The number of benzene rings is 2. The topological polar surface area (TPSA) is 30.5 Å². The van der Waals surface area contributed by atoms with E-state index < -0.39 is 0 Å². The molecular formula is C20H27NO2. The highest BCUT2D eigenvalue weighted by atomic mass is 16.5. The van der Waals surface area contributed by atoms with Gasteiger partial charge in [0.1, 0.15) is 5.75 Å². The summed E-state index contributed by atoms with van der Waals surface area (Å²) in [4.78, 5) is 0. The van der Waals surface area contributed by atoms with Crippen LogP contribution in [0.3, 0.4) is 0 Å². The Bertz CT molecular complexity index is 625. The highest BCUT2D eigenvalue weighted by molar-refractivity contribution is 5.58. The van der Waals surface area contributed by atoms with Crippen LogP contribution >= 0.6 is 0 Å². The third-order valence-corrected chi connectivity index (χ3v) is 4.06. The molecule has 1 heterocycles. The first-order valence-corrected chi connectivity index (χ1v) is 8.50. The van der Waals surface area contributed by atoms with E-state index in [0.29, 0.717) is 5.92 Å². The van der Waals surface area contributed by atoms with Crippen LogP contribution in [0, 0.1) is 0 Å². The molecule has 1 N–H and O–H groups in total. The molecule has 0 fully saturated rings. The van der Waals surface area contributed by atoms with Crippen LogP contribution in [-0.4, -0.2) is 13.7 Å². The first-order valence-electron chi connectivity index (χ1n) is 8.50. The Balaban J connectivity index is 0.000000924. The predicted molar refractivity (Wildman–Crippen MR) is 97.0 cm³/mol. The Morgan fingerprint density at radius 2 is 1.83 bits per heavy atom. The van der Waals surface area contributed by atoms with Crippen LogP contribution in [0.25, 0.3) is 0 Å². The Morgan fingerprint density at radius 1 is 1.09 bits per heavy atom. The van der Waals surface area contributed by atoms with Gasteiger partial charge in [-0.3, -0.25) is 0 Å². The van der Waals surface area contributed by atoms with Gasteiger partial charge >= 0.3 is 0 Å². The molecule has 3 nitrogen and oxygen atoms in total. The normalized spacial score (nSPS) is 15.6. The zero-order valence-electron chi connectivity index (χ0n) is 14.6. The molecule has 0 bridgehead atoms. The van der Waals surface area contributed by atoms with Crippen LogP contribution in [0.4, 0.5) is 5.69 Å². The second-order valence-electron chi connectivity index (χ2n) is 5.32. The molecular weight excluding hydrogens is 286 g/mol. The fourth-order valence-electron chi connectivity index (χ4n) is 2.89. The second kappa shape index (κ2) is 8.47. The van der Waals surface area contributed by atoms with Crippen LogP contribution in [0.5, 0.6) is 17.2 Å². The SMILES string of the molecule is CC.CCC1CCNc2ccc(Oc3ccccc3OC)cc21. The molecule has 23 heavy (non-hydrogen) atoms. The lowest BCUT2D eigenvalue weighted by molar-refractivity contribution is 0.378. The van der Waals surface area contributed by atoms with Gasteiger partial charge in [-0.15, -0.1) is 0 Å². The number of hydrogen-bond acceptors (Lipinski definition) is 3. The van der Waals surface area contributed by atoms with Gasteiger partial charge in [-0.25, -0.2) is 0 Å². The van der Waals surface area contributed by atoms with Gasteiger partial charge in [-0.2, -0.15) is 0 Å². The number of rotatable bonds is 4. The van der Waals surface area contributed by atoms with Gasteiger partial charge in [0.25, 0.3) is 0 Å². The van der Waals surface area contributed by atoms with Crippen LogP contribution in [-0.2, 0) is 0 Å². The number of para-hydroxylation sites is 2. The standard InChI is InChI=1S/C18H21NO2.C2H6/c1-3-13-10-11-19-16-9-8-14(12-15(13)16)21-18-7-5-4-6-17(18)20-2;1-2/h4-9,12-13,19H,3,10-11H2,1-2H3;1-2H3. The van der Waals surface area contributed by atoms with E-state index in [1.165, 1.54) is 17.7 Å². The summed E-state index contributed by atoms with van der Waals surface area (Å²) in [5.74, 6) is 2.97. The van der Waals surface area contributed by atoms with E-state index >= 15 is 0 Å². The summed E-state index contributed by atoms with van der Waals surface area (Å²) in [7, 11) is 1.66. The van der Waals surface area contributed by atoms with Crippen LogP contribution in [0.1, 0.15) is 45.1 Å². The van der Waals surface area contributed by atoms with Crippen molar-refractivity contribution in [2.75, 3.05) is 19.0 Å². The van der Waals surface area contributed by atoms with Gasteiger partial charge in [0.2, 0.25) is 0 Å². The summed E-state index contributed by atoms with van der Waals surface area (Å²) in [5.41, 5.74) is 2.59. The molecule has 0 radical (unpaired) electrons. The van der Waals surface area contributed by atoms with Crippen molar-refractivity contribution in [2.45, 2.75) is 39.5 Å². The third-order valence-electron chi connectivity index (χ3n) is 4.06. The number of nitrogens with one attached hydrogen (secondary N) is 1. The molecule has 3 heteroatoms. The summed E-state index contributed by atoms with van der Waals surface area (Å²) >= 11 is 0. The maximum Gasteiger partial charge on any atom is 0.169 e. The molecule has 0 saturated heterocycles. The fourth-order valence-corrected chi connectivity index (χ4v) is 2.89. The van der Waals surface area contributed by atoms with Gasteiger partial charge in [0, 0.05) is 12.2 Å². The van der Waals surface area contributed by atoms with Gasteiger partial charge in [0.05, 0.1) is 7.11 Å². The van der Waals surface area contributed by atoms with E-state index in [1.54, 1.807) is 7.11 Å². The molecule has 0 aliphatic carbocycles. The quantitative estimate of drug-likeness (QED) is 0.771. The lowest BCUT2D eigenvalue weighted by Gasteiger charge is -2.26. The van der Waals surface area contributed by atoms with Crippen molar-refractivity contribution in [1.82, 2.24) is 0 Å². The number of fused-ring (bicyclic) bond motifs is 1. The van der Waals surface area contributed by atoms with Crippen molar-refractivity contribution in [3.8, 4) is 17.2 Å². The van der Waals surface area contributed by atoms with E-state index in [4.69, 9.17) is 9.47 Å². The molecule has 1 atom stereocenters. The summed E-state index contributed by atoms with van der Waals surface area (Å²) in [6.07, 6.45) is 2.34. The molecule has 1 unspecified atom stereocenters. The molecule has 2 aromatic rings. The summed E-state index contributed by atoms with van der Waals surface area (Å²) < 4.78 is 11.3. The van der Waals surface area contributed by atoms with Crippen molar-refractivity contribution < 1.29 is 9.47 Å². The van der Waals surface area contributed by atoms with Crippen molar-refractivity contribution in [3.63, 3.8) is 0 Å². The Morgan fingerprint density at radius 3 is 2.52 bits per heavy atom. The maximum absolute atomic E-state index is 6.01. The molecule has 2 aromatic carbocycles. The minimum absolute atomic E-state index is 0.613. The maximum atomic E-state index is 6.01. The molecule has 1 aliphatic rings. The average molecular weight is 313 g/mol. The third kappa shape index (κ3) is 3.98. The zero-order chi connectivity index (χ0) is 16.7. The Hall–Kier alpha value is -2.16. The monoisotopic (exact) mass is 313 g/mol. The Kier molecular flexibility index (Phi) is 6.33. The van der Waals surface area contributed by atoms with Gasteiger partial charge in [-0.05, 0) is 54.7 Å². The van der Waals surface area contributed by atoms with Crippen LogP contribution < -0.4 is 14.8 Å². The minimum atomic E-state index is 0.613. The summed E-state index contributed by atoms with van der Waals surface area (Å²) in [6.45, 7) is 7.30. The smallest absolute Gasteiger partial charge is 0.169 e. The molecule has 3 rings (SSSR count). The van der Waals surface area contributed by atoms with Crippen LogP contribution in [0.2, 0.25) is 0 Å². The van der Waals surface area contributed by atoms with Crippen molar-refractivity contribution in [2.24, 2.45) is 0 Å². The van der Waals surface area contributed by atoms with Crippen molar-refractivity contribution in [3.05, 3.63) is 48.0 Å². The first-order chi connectivity index (χ1) is 11.3. The van der Waals surface area contributed by atoms with E-state index in [9.17, 15) is 0 Å². The van der Waals surface area contributed by atoms with E-state index in [1.807, 2.05) is 44.2 Å². The number of ether oxygens (including phenoxy) is 2. The summed E-state index contributed by atoms with van der Waals surface area (Å²) in [6, 6.07) is 14.0. The fraction of sp³-hybridized carbons (Fsp3) is 0.400. The number of hydrogen-bond donors (Lipinski definition) is 1. The lowest BCUT2D eigenvalue weighted by atomic mass is 9.89. The molecule has 1 aliphatic heterocycles. The van der Waals surface area contributed by atoms with Crippen molar-refractivity contribution >= 4 is 5.69 Å². The van der Waals surface area contributed by atoms with Gasteiger partial charge in [-0.1, -0.05) is 32.9 Å². The number of methoxy groups -OCH3 is 1. The molecule has 0 aromatic heterocycles. The molecule has 124 valence electrons. The molecule has 0 spiro atoms. The van der Waals surface area contributed by atoms with E-state index in [0.717, 1.165) is 30.2 Å². The zero-order valence-corrected chi connectivity index (χ0v) is 14.6. The lowest BCUT2D eigenvalue weighted by Crippen LogP contribution is -2.16. The largest absolute Gasteiger partial charge is 0.493 e. The second-order valence-corrected chi connectivity index (χ2v) is 5.32. The molecule has 0 amide bonds.